The third kappa shape index (κ3) is 4.44. The molecule has 154 valence electrons. The van der Waals surface area contributed by atoms with Crippen LogP contribution in [0.4, 0.5) is 0 Å². The molecule has 6 nitrogen and oxygen atoms in total. The first-order valence-corrected chi connectivity index (χ1v) is 10.8. The molecule has 0 unspecified atom stereocenters. The Kier molecular flexibility index (Phi) is 6.07. The van der Waals surface area contributed by atoms with Gasteiger partial charge >= 0.3 is 0 Å². The molecule has 1 aromatic rings. The van der Waals surface area contributed by atoms with Gasteiger partial charge in [0, 0.05) is 38.8 Å². The Morgan fingerprint density at radius 3 is 2.68 bits per heavy atom. The summed E-state index contributed by atoms with van der Waals surface area (Å²) in [6.07, 6.45) is 4.90. The van der Waals surface area contributed by atoms with Crippen LogP contribution in [0.25, 0.3) is 0 Å². The summed E-state index contributed by atoms with van der Waals surface area (Å²) in [7, 11) is 0. The average Bonchev–Trinajstić information content (AvgIpc) is 3.17. The van der Waals surface area contributed by atoms with Crippen molar-refractivity contribution in [3.63, 3.8) is 0 Å². The highest BCUT2D eigenvalue weighted by molar-refractivity contribution is 5.81. The topological polar surface area (TPSA) is 54.0 Å². The van der Waals surface area contributed by atoms with E-state index in [1.165, 1.54) is 24.8 Å². The number of hydrogen-bond donors (Lipinski definition) is 1. The van der Waals surface area contributed by atoms with Crippen LogP contribution in [0.3, 0.4) is 0 Å². The lowest BCUT2D eigenvalue weighted by atomic mass is 9.86. The first-order valence-electron chi connectivity index (χ1n) is 10.8. The number of rotatable bonds is 5. The second-order valence-electron chi connectivity index (χ2n) is 8.55. The fourth-order valence-electron chi connectivity index (χ4n) is 4.61. The third-order valence-electron chi connectivity index (χ3n) is 6.62. The summed E-state index contributed by atoms with van der Waals surface area (Å²) in [4.78, 5) is 17.5. The lowest BCUT2D eigenvalue weighted by Crippen LogP contribution is -2.55. The van der Waals surface area contributed by atoms with E-state index < -0.39 is 0 Å². The van der Waals surface area contributed by atoms with E-state index in [0.717, 1.165) is 50.6 Å². The molecule has 2 fully saturated rings. The van der Waals surface area contributed by atoms with Crippen molar-refractivity contribution in [1.29, 1.82) is 0 Å². The number of ether oxygens (including phenoxy) is 2. The van der Waals surface area contributed by atoms with Gasteiger partial charge in [0.15, 0.2) is 11.5 Å². The number of carbonyl (C=O) groups excluding carboxylic acids is 1. The molecule has 3 aliphatic rings. The molecule has 1 amide bonds. The Labute approximate surface area is 168 Å². The monoisotopic (exact) mass is 387 g/mol. The minimum absolute atomic E-state index is 0.0539. The molecule has 1 aliphatic carbocycles. The van der Waals surface area contributed by atoms with E-state index in [-0.39, 0.29) is 11.9 Å². The maximum absolute atomic E-state index is 12.7. The van der Waals surface area contributed by atoms with Gasteiger partial charge in [-0.1, -0.05) is 25.8 Å². The van der Waals surface area contributed by atoms with Crippen molar-refractivity contribution in [2.75, 3.05) is 33.0 Å². The Balaban J connectivity index is 1.24. The van der Waals surface area contributed by atoms with Crippen molar-refractivity contribution < 1.29 is 14.3 Å². The average molecular weight is 388 g/mol. The first-order chi connectivity index (χ1) is 13.6. The number of benzene rings is 1. The normalized spacial score (nSPS) is 26.8. The Morgan fingerprint density at radius 2 is 1.89 bits per heavy atom. The van der Waals surface area contributed by atoms with Crippen molar-refractivity contribution >= 4 is 5.91 Å². The number of hydrogen-bond acceptors (Lipinski definition) is 5. The van der Waals surface area contributed by atoms with Crippen molar-refractivity contribution in [2.45, 2.75) is 58.2 Å². The SMILES string of the molecule is C[C@@H]1CCCC[C@H]1NC(=O)[C@@H](C)N1CCN(Cc2ccc3c(c2)OCO3)CC1. The fraction of sp³-hybridized carbons (Fsp3) is 0.682. The third-order valence-corrected chi connectivity index (χ3v) is 6.62. The Bertz CT molecular complexity index is 688. The fourth-order valence-corrected chi connectivity index (χ4v) is 4.61. The van der Waals surface area contributed by atoms with E-state index in [9.17, 15) is 4.79 Å². The lowest BCUT2D eigenvalue weighted by Gasteiger charge is -2.38. The number of carbonyl (C=O) groups is 1. The zero-order valence-electron chi connectivity index (χ0n) is 17.2. The number of fused-ring (bicyclic) bond motifs is 1. The summed E-state index contributed by atoms with van der Waals surface area (Å²) < 4.78 is 10.9. The number of amides is 1. The predicted octanol–water partition coefficient (Wildman–Crippen LogP) is 2.62. The van der Waals surface area contributed by atoms with Gasteiger partial charge in [0.1, 0.15) is 0 Å². The van der Waals surface area contributed by atoms with Crippen molar-refractivity contribution in [3.05, 3.63) is 23.8 Å². The van der Waals surface area contributed by atoms with Crippen LogP contribution in [0.2, 0.25) is 0 Å². The van der Waals surface area contributed by atoms with E-state index in [0.29, 0.717) is 18.8 Å². The van der Waals surface area contributed by atoms with Gasteiger partial charge in [-0.15, -0.1) is 0 Å². The molecule has 1 saturated carbocycles. The van der Waals surface area contributed by atoms with Gasteiger partial charge in [-0.05, 0) is 43.4 Å². The van der Waals surface area contributed by atoms with E-state index in [1.807, 2.05) is 6.07 Å². The summed E-state index contributed by atoms with van der Waals surface area (Å²) >= 11 is 0. The zero-order chi connectivity index (χ0) is 19.5. The predicted molar refractivity (Wildman–Crippen MR) is 108 cm³/mol. The molecule has 1 saturated heterocycles. The van der Waals surface area contributed by atoms with Crippen LogP contribution in [0.1, 0.15) is 45.1 Å². The van der Waals surface area contributed by atoms with Crippen LogP contribution < -0.4 is 14.8 Å². The minimum atomic E-state index is -0.0539. The smallest absolute Gasteiger partial charge is 0.237 e. The molecule has 1 aromatic carbocycles. The molecule has 3 atom stereocenters. The van der Waals surface area contributed by atoms with Gasteiger partial charge in [-0.3, -0.25) is 14.6 Å². The second-order valence-corrected chi connectivity index (χ2v) is 8.55. The zero-order valence-corrected chi connectivity index (χ0v) is 17.2. The maximum atomic E-state index is 12.7. The number of nitrogens with one attached hydrogen (secondary N) is 1. The largest absolute Gasteiger partial charge is 0.454 e. The molecule has 0 spiro atoms. The molecule has 2 heterocycles. The van der Waals surface area contributed by atoms with E-state index in [4.69, 9.17) is 9.47 Å². The van der Waals surface area contributed by atoms with Crippen LogP contribution in [0.5, 0.6) is 11.5 Å². The van der Waals surface area contributed by atoms with E-state index >= 15 is 0 Å². The molecule has 1 N–H and O–H groups in total. The minimum Gasteiger partial charge on any atom is -0.454 e. The van der Waals surface area contributed by atoms with Crippen molar-refractivity contribution in [3.8, 4) is 11.5 Å². The summed E-state index contributed by atoms with van der Waals surface area (Å²) in [5, 5.41) is 3.32. The highest BCUT2D eigenvalue weighted by Gasteiger charge is 2.29. The van der Waals surface area contributed by atoms with Gasteiger partial charge in [0.05, 0.1) is 6.04 Å². The number of nitrogens with zero attached hydrogens (tertiary/aromatic N) is 2. The van der Waals surface area contributed by atoms with Crippen LogP contribution >= 0.6 is 0 Å². The molecule has 6 heteroatoms. The van der Waals surface area contributed by atoms with Gasteiger partial charge in [-0.2, -0.15) is 0 Å². The van der Waals surface area contributed by atoms with Crippen molar-refractivity contribution in [1.82, 2.24) is 15.1 Å². The first kappa shape index (κ1) is 19.5. The highest BCUT2D eigenvalue weighted by Crippen LogP contribution is 2.33. The summed E-state index contributed by atoms with van der Waals surface area (Å²) in [6, 6.07) is 6.49. The number of piperazine rings is 1. The molecular weight excluding hydrogens is 354 g/mol. The van der Waals surface area contributed by atoms with Crippen LogP contribution in [-0.2, 0) is 11.3 Å². The molecular formula is C22H33N3O3. The van der Waals surface area contributed by atoms with Gasteiger partial charge in [0.2, 0.25) is 12.7 Å². The molecule has 0 radical (unpaired) electrons. The highest BCUT2D eigenvalue weighted by atomic mass is 16.7. The lowest BCUT2D eigenvalue weighted by molar-refractivity contribution is -0.127. The quantitative estimate of drug-likeness (QED) is 0.842. The van der Waals surface area contributed by atoms with Gasteiger partial charge < -0.3 is 14.8 Å². The molecule has 2 aliphatic heterocycles. The Morgan fingerprint density at radius 1 is 1.14 bits per heavy atom. The molecule has 0 bridgehead atoms. The standard InChI is InChI=1S/C22H33N3O3/c1-16-5-3-4-6-19(16)23-22(26)17(2)25-11-9-24(10-12-25)14-18-7-8-20-21(13-18)28-15-27-20/h7-8,13,16-17,19H,3-6,9-12,14-15H2,1-2H3,(H,23,26)/t16-,17-,19-/m1/s1. The van der Waals surface area contributed by atoms with Gasteiger partial charge in [0.25, 0.3) is 0 Å². The van der Waals surface area contributed by atoms with E-state index in [1.54, 1.807) is 0 Å². The summed E-state index contributed by atoms with van der Waals surface area (Å²) in [5.74, 6) is 2.48. The van der Waals surface area contributed by atoms with Crippen LogP contribution in [0.15, 0.2) is 18.2 Å². The van der Waals surface area contributed by atoms with E-state index in [2.05, 4.69) is 41.1 Å². The second kappa shape index (κ2) is 8.70. The molecule has 0 aromatic heterocycles. The maximum Gasteiger partial charge on any atom is 0.237 e. The van der Waals surface area contributed by atoms with Crippen LogP contribution in [0, 0.1) is 5.92 Å². The summed E-state index contributed by atoms with van der Waals surface area (Å²) in [6.45, 7) is 9.36. The molecule has 4 rings (SSSR count). The summed E-state index contributed by atoms with van der Waals surface area (Å²) in [5.41, 5.74) is 1.25. The Hall–Kier alpha value is -1.79. The molecule has 28 heavy (non-hydrogen) atoms. The van der Waals surface area contributed by atoms with Crippen LogP contribution in [-0.4, -0.2) is 60.8 Å². The van der Waals surface area contributed by atoms with Gasteiger partial charge in [-0.25, -0.2) is 0 Å². The van der Waals surface area contributed by atoms with Crippen molar-refractivity contribution in [2.24, 2.45) is 5.92 Å².